The SMILES string of the molecule is CCOC(=O)C(F)(F)[C@H](N)c1cccc([N+](=O)[O-])c1. The predicted molar refractivity (Wildman–Crippen MR) is 61.6 cm³/mol. The second-order valence-electron chi connectivity index (χ2n) is 3.67. The van der Waals surface area contributed by atoms with E-state index >= 15 is 0 Å². The first kappa shape index (κ1) is 15.0. The van der Waals surface area contributed by atoms with E-state index in [1.54, 1.807) is 0 Å². The molecule has 0 fully saturated rings. The van der Waals surface area contributed by atoms with Gasteiger partial charge in [-0.05, 0) is 12.5 Å². The number of nitro groups is 1. The van der Waals surface area contributed by atoms with Gasteiger partial charge in [-0.1, -0.05) is 12.1 Å². The number of ether oxygens (including phenoxy) is 1. The van der Waals surface area contributed by atoms with Gasteiger partial charge in [0.15, 0.2) is 0 Å². The van der Waals surface area contributed by atoms with Crippen LogP contribution in [0.15, 0.2) is 24.3 Å². The van der Waals surface area contributed by atoms with E-state index < -0.39 is 22.9 Å². The van der Waals surface area contributed by atoms with Crippen molar-refractivity contribution in [2.45, 2.75) is 18.9 Å². The third kappa shape index (κ3) is 3.22. The van der Waals surface area contributed by atoms with Crippen LogP contribution in [0.5, 0.6) is 0 Å². The van der Waals surface area contributed by atoms with Crippen LogP contribution in [-0.4, -0.2) is 23.4 Å². The number of esters is 1. The molecule has 0 saturated carbocycles. The minimum absolute atomic E-state index is 0.212. The van der Waals surface area contributed by atoms with Crippen molar-refractivity contribution in [3.05, 3.63) is 39.9 Å². The van der Waals surface area contributed by atoms with E-state index in [2.05, 4.69) is 4.74 Å². The van der Waals surface area contributed by atoms with E-state index in [0.717, 1.165) is 12.1 Å². The molecule has 8 heteroatoms. The number of carbonyl (C=O) groups is 1. The maximum absolute atomic E-state index is 13.6. The number of nitro benzene ring substituents is 1. The molecule has 104 valence electrons. The van der Waals surface area contributed by atoms with Crippen molar-refractivity contribution in [1.29, 1.82) is 0 Å². The lowest BCUT2D eigenvalue weighted by molar-refractivity contribution is -0.385. The summed E-state index contributed by atoms with van der Waals surface area (Å²) in [5.41, 5.74) is 4.70. The third-order valence-corrected chi connectivity index (χ3v) is 2.38. The first-order valence-electron chi connectivity index (χ1n) is 5.35. The molecular formula is C11H12F2N2O4. The molecule has 1 atom stereocenters. The van der Waals surface area contributed by atoms with Gasteiger partial charge in [-0.25, -0.2) is 4.79 Å². The van der Waals surface area contributed by atoms with E-state index in [9.17, 15) is 23.7 Å². The highest BCUT2D eigenvalue weighted by atomic mass is 19.3. The number of carbonyl (C=O) groups excluding carboxylic acids is 1. The number of non-ortho nitro benzene ring substituents is 1. The molecular weight excluding hydrogens is 262 g/mol. The van der Waals surface area contributed by atoms with E-state index in [1.165, 1.54) is 19.1 Å². The summed E-state index contributed by atoms with van der Waals surface area (Å²) in [5.74, 6) is -5.71. The second kappa shape index (κ2) is 5.70. The summed E-state index contributed by atoms with van der Waals surface area (Å²) in [7, 11) is 0. The molecule has 0 radical (unpaired) electrons. The van der Waals surface area contributed by atoms with Crippen molar-refractivity contribution < 1.29 is 23.2 Å². The van der Waals surface area contributed by atoms with Crippen LogP contribution in [0.25, 0.3) is 0 Å². The van der Waals surface area contributed by atoms with Crippen molar-refractivity contribution in [1.82, 2.24) is 0 Å². The maximum atomic E-state index is 13.6. The summed E-state index contributed by atoms with van der Waals surface area (Å²) >= 11 is 0. The quantitative estimate of drug-likeness (QED) is 0.501. The molecule has 0 unspecified atom stereocenters. The minimum Gasteiger partial charge on any atom is -0.462 e. The van der Waals surface area contributed by atoms with Crippen molar-refractivity contribution in [3.63, 3.8) is 0 Å². The Bertz CT molecular complexity index is 493. The summed E-state index contributed by atoms with van der Waals surface area (Å²) in [6.45, 7) is 1.17. The zero-order chi connectivity index (χ0) is 14.6. The average molecular weight is 274 g/mol. The molecule has 0 spiro atoms. The number of nitrogens with two attached hydrogens (primary N) is 1. The van der Waals surface area contributed by atoms with Crippen molar-refractivity contribution in [2.75, 3.05) is 6.61 Å². The van der Waals surface area contributed by atoms with E-state index in [4.69, 9.17) is 5.73 Å². The van der Waals surface area contributed by atoms with E-state index in [0.29, 0.717) is 0 Å². The van der Waals surface area contributed by atoms with Gasteiger partial charge in [0.25, 0.3) is 5.69 Å². The fourth-order valence-electron chi connectivity index (χ4n) is 1.40. The fourth-order valence-corrected chi connectivity index (χ4v) is 1.40. The maximum Gasteiger partial charge on any atom is 0.379 e. The zero-order valence-corrected chi connectivity index (χ0v) is 10.0. The summed E-state index contributed by atoms with van der Waals surface area (Å²) < 4.78 is 31.5. The van der Waals surface area contributed by atoms with Crippen molar-refractivity contribution in [3.8, 4) is 0 Å². The van der Waals surface area contributed by atoms with Crippen LogP contribution in [0.1, 0.15) is 18.5 Å². The summed E-state index contributed by atoms with van der Waals surface area (Å²) in [5, 5.41) is 10.5. The van der Waals surface area contributed by atoms with Gasteiger partial charge in [-0.15, -0.1) is 0 Å². The fraction of sp³-hybridized carbons (Fsp3) is 0.364. The molecule has 0 bridgehead atoms. The molecule has 19 heavy (non-hydrogen) atoms. The lowest BCUT2D eigenvalue weighted by Crippen LogP contribution is -2.41. The Morgan fingerprint density at radius 3 is 2.74 bits per heavy atom. The average Bonchev–Trinajstić information content (AvgIpc) is 2.38. The van der Waals surface area contributed by atoms with Crippen LogP contribution in [0.2, 0.25) is 0 Å². The van der Waals surface area contributed by atoms with Gasteiger partial charge >= 0.3 is 11.9 Å². The molecule has 0 aliphatic heterocycles. The number of hydrogen-bond donors (Lipinski definition) is 1. The number of benzene rings is 1. The van der Waals surface area contributed by atoms with Crippen LogP contribution < -0.4 is 5.73 Å². The van der Waals surface area contributed by atoms with Gasteiger partial charge in [-0.3, -0.25) is 10.1 Å². The number of alkyl halides is 2. The summed E-state index contributed by atoms with van der Waals surface area (Å²) in [4.78, 5) is 20.9. The third-order valence-electron chi connectivity index (χ3n) is 2.38. The van der Waals surface area contributed by atoms with Gasteiger partial charge < -0.3 is 10.5 Å². The smallest absolute Gasteiger partial charge is 0.379 e. The van der Waals surface area contributed by atoms with E-state index in [1.807, 2.05) is 0 Å². The zero-order valence-electron chi connectivity index (χ0n) is 10.0. The Hall–Kier alpha value is -2.09. The monoisotopic (exact) mass is 274 g/mol. The van der Waals surface area contributed by atoms with Gasteiger partial charge in [0.1, 0.15) is 6.04 Å². The summed E-state index contributed by atoms with van der Waals surface area (Å²) in [6.07, 6.45) is 0. The molecule has 0 aliphatic rings. The van der Waals surface area contributed by atoms with Crippen molar-refractivity contribution in [2.24, 2.45) is 5.73 Å². The first-order valence-corrected chi connectivity index (χ1v) is 5.35. The Labute approximate surface area is 107 Å². The highest BCUT2D eigenvalue weighted by molar-refractivity contribution is 5.78. The van der Waals surface area contributed by atoms with Crippen molar-refractivity contribution >= 4 is 11.7 Å². The van der Waals surface area contributed by atoms with Crippen LogP contribution in [-0.2, 0) is 9.53 Å². The lowest BCUT2D eigenvalue weighted by Gasteiger charge is -2.21. The highest BCUT2D eigenvalue weighted by Gasteiger charge is 2.48. The molecule has 0 heterocycles. The van der Waals surface area contributed by atoms with Gasteiger partial charge in [0, 0.05) is 12.1 Å². The number of rotatable bonds is 5. The number of nitrogens with zero attached hydrogens (tertiary/aromatic N) is 1. The number of halogens is 2. The first-order chi connectivity index (χ1) is 8.80. The molecule has 6 nitrogen and oxygen atoms in total. The Balaban J connectivity index is 3.05. The Morgan fingerprint density at radius 1 is 1.58 bits per heavy atom. The van der Waals surface area contributed by atoms with E-state index in [-0.39, 0.29) is 17.9 Å². The molecule has 0 aromatic heterocycles. The minimum atomic E-state index is -3.95. The Morgan fingerprint density at radius 2 is 2.21 bits per heavy atom. The molecule has 1 aromatic rings. The van der Waals surface area contributed by atoms with Gasteiger partial charge in [0.05, 0.1) is 11.5 Å². The number of hydrogen-bond acceptors (Lipinski definition) is 5. The molecule has 1 aromatic carbocycles. The second-order valence-corrected chi connectivity index (χ2v) is 3.67. The van der Waals surface area contributed by atoms with Crippen LogP contribution >= 0.6 is 0 Å². The molecule has 0 aliphatic carbocycles. The van der Waals surface area contributed by atoms with Crippen LogP contribution in [0, 0.1) is 10.1 Å². The molecule has 2 N–H and O–H groups in total. The van der Waals surface area contributed by atoms with Crippen LogP contribution in [0.3, 0.4) is 0 Å². The summed E-state index contributed by atoms with van der Waals surface area (Å²) in [6, 6.07) is 2.43. The predicted octanol–water partition coefficient (Wildman–Crippen LogP) is 1.79. The molecule has 1 rings (SSSR count). The normalized spacial score (nSPS) is 12.8. The van der Waals surface area contributed by atoms with Crippen LogP contribution in [0.4, 0.5) is 14.5 Å². The Kier molecular flexibility index (Phi) is 4.49. The highest BCUT2D eigenvalue weighted by Crippen LogP contribution is 2.32. The van der Waals surface area contributed by atoms with Gasteiger partial charge in [0.2, 0.25) is 0 Å². The van der Waals surface area contributed by atoms with Gasteiger partial charge in [-0.2, -0.15) is 8.78 Å². The topological polar surface area (TPSA) is 95.5 Å². The molecule has 0 amide bonds. The molecule has 0 saturated heterocycles. The standard InChI is InChI=1S/C11H12F2N2O4/c1-2-19-10(16)11(12,13)9(14)7-4-3-5-8(6-7)15(17)18/h3-6,9H,2,14H2,1H3/t9-/m1/s1. The lowest BCUT2D eigenvalue weighted by atomic mass is 10.0. The largest absolute Gasteiger partial charge is 0.462 e.